The van der Waals surface area contributed by atoms with E-state index in [1.54, 1.807) is 6.08 Å². The van der Waals surface area contributed by atoms with Gasteiger partial charge in [0.1, 0.15) is 73.2 Å². The van der Waals surface area contributed by atoms with Crippen LogP contribution in [0, 0.1) is 0 Å². The molecular weight excluding hydrogens is 1430 g/mol. The molecule has 0 aliphatic carbocycles. The van der Waals surface area contributed by atoms with Crippen molar-refractivity contribution in [1.29, 1.82) is 0 Å². The number of hydrogen-bond acceptors (Lipinski definition) is 18. The SMILES string of the molecule is CC/C=C\C/C=C\C/C=C\C/C=C\C/C=C\C/C=C\C/C=C\CCCCCCCCCCCCCCCCCCCC(=O)NC(COC1OC(CO)C(OC2OC(CO)C(OC3OC(CO)C(O)C(O)C3O)C(O)C2O)C(O)C1O)C(O)/C=C/CC/C=C/CC/C=C/CCCCCCCCCCCCCCCCCCCCC. The highest BCUT2D eigenvalue weighted by Crippen LogP contribution is 2.33. The zero-order valence-corrected chi connectivity index (χ0v) is 70.3. The Balaban J connectivity index is 1.33. The molecule has 0 aromatic heterocycles. The van der Waals surface area contributed by atoms with Crippen LogP contribution in [0.3, 0.4) is 0 Å². The number of aliphatic hydroxyl groups is 11. The third-order valence-electron chi connectivity index (χ3n) is 21.7. The smallest absolute Gasteiger partial charge is 0.220 e. The molecule has 3 aliphatic rings. The molecule has 0 radical (unpaired) electrons. The normalized spacial score (nSPS) is 25.4. The summed E-state index contributed by atoms with van der Waals surface area (Å²) >= 11 is 0. The molecule has 0 bridgehead atoms. The molecular formula is C94H163NO18. The van der Waals surface area contributed by atoms with Crippen molar-refractivity contribution in [1.82, 2.24) is 5.32 Å². The fraction of sp³-hybridized carbons (Fsp3) is 0.777. The Bertz CT molecular complexity index is 2510. The zero-order valence-electron chi connectivity index (χ0n) is 70.3. The molecule has 19 nitrogen and oxygen atoms in total. The molecule has 3 fully saturated rings. The van der Waals surface area contributed by atoms with Gasteiger partial charge in [0, 0.05) is 6.42 Å². The number of aliphatic hydroxyl groups excluding tert-OH is 11. The summed E-state index contributed by atoms with van der Waals surface area (Å²) in [5.41, 5.74) is 0. The molecule has 17 unspecified atom stereocenters. The number of nitrogens with one attached hydrogen (secondary N) is 1. The van der Waals surface area contributed by atoms with Gasteiger partial charge in [-0.25, -0.2) is 0 Å². The molecule has 652 valence electrons. The van der Waals surface area contributed by atoms with E-state index in [0.717, 1.165) is 89.9 Å². The monoisotopic (exact) mass is 1590 g/mol. The van der Waals surface area contributed by atoms with Crippen LogP contribution in [0.25, 0.3) is 0 Å². The van der Waals surface area contributed by atoms with Crippen molar-refractivity contribution in [3.8, 4) is 0 Å². The van der Waals surface area contributed by atoms with Gasteiger partial charge in [-0.3, -0.25) is 4.79 Å². The first kappa shape index (κ1) is 103. The topological polar surface area (TPSA) is 307 Å². The number of unbranched alkanes of at least 4 members (excludes halogenated alkanes) is 38. The van der Waals surface area contributed by atoms with E-state index in [2.05, 4.69) is 129 Å². The van der Waals surface area contributed by atoms with E-state index in [1.807, 2.05) is 6.08 Å². The van der Waals surface area contributed by atoms with Crippen molar-refractivity contribution in [3.05, 3.63) is 122 Å². The van der Waals surface area contributed by atoms with Gasteiger partial charge < -0.3 is 89.9 Å². The Morgan fingerprint density at radius 3 is 0.991 bits per heavy atom. The van der Waals surface area contributed by atoms with Gasteiger partial charge in [0.25, 0.3) is 0 Å². The van der Waals surface area contributed by atoms with Crippen LogP contribution < -0.4 is 5.32 Å². The summed E-state index contributed by atoms with van der Waals surface area (Å²) in [6.45, 7) is 1.63. The van der Waals surface area contributed by atoms with Crippen LogP contribution in [-0.2, 0) is 33.2 Å². The van der Waals surface area contributed by atoms with E-state index in [4.69, 9.17) is 28.4 Å². The quantitative estimate of drug-likeness (QED) is 0.0199. The molecule has 3 heterocycles. The van der Waals surface area contributed by atoms with Crippen molar-refractivity contribution in [3.63, 3.8) is 0 Å². The first-order chi connectivity index (χ1) is 55.3. The number of carbonyl (C=O) groups excluding carboxylic acids is 1. The van der Waals surface area contributed by atoms with Crippen LogP contribution in [0.2, 0.25) is 0 Å². The average Bonchev–Trinajstić information content (AvgIpc) is 0.780. The van der Waals surface area contributed by atoms with Crippen LogP contribution in [0.5, 0.6) is 0 Å². The lowest BCUT2D eigenvalue weighted by atomic mass is 9.96. The second kappa shape index (κ2) is 72.2. The first-order valence-corrected chi connectivity index (χ1v) is 45.3. The fourth-order valence-corrected chi connectivity index (χ4v) is 14.6. The molecule has 19 heteroatoms. The van der Waals surface area contributed by atoms with Crippen molar-refractivity contribution in [2.75, 3.05) is 26.4 Å². The highest BCUT2D eigenvalue weighted by molar-refractivity contribution is 5.76. The Hall–Kier alpha value is -3.81. The predicted octanol–water partition coefficient (Wildman–Crippen LogP) is 17.4. The van der Waals surface area contributed by atoms with Crippen LogP contribution in [-0.4, -0.2) is 193 Å². The maximum absolute atomic E-state index is 13.5. The summed E-state index contributed by atoms with van der Waals surface area (Å²) in [4.78, 5) is 13.5. The average molecular weight is 1600 g/mol. The molecule has 17 atom stereocenters. The van der Waals surface area contributed by atoms with Gasteiger partial charge in [-0.05, 0) is 103 Å². The number of allylic oxidation sites excluding steroid dienone is 19. The summed E-state index contributed by atoms with van der Waals surface area (Å²) in [7, 11) is 0. The molecule has 0 aromatic carbocycles. The van der Waals surface area contributed by atoms with E-state index >= 15 is 0 Å². The maximum Gasteiger partial charge on any atom is 0.220 e. The van der Waals surface area contributed by atoms with Crippen molar-refractivity contribution in [2.24, 2.45) is 0 Å². The summed E-state index contributed by atoms with van der Waals surface area (Å²) < 4.78 is 34.5. The minimum Gasteiger partial charge on any atom is -0.394 e. The molecule has 3 aliphatic heterocycles. The third-order valence-corrected chi connectivity index (χ3v) is 21.7. The Morgan fingerprint density at radius 2 is 0.619 bits per heavy atom. The summed E-state index contributed by atoms with van der Waals surface area (Å²) in [5.74, 6) is -0.289. The van der Waals surface area contributed by atoms with Gasteiger partial charge >= 0.3 is 0 Å². The van der Waals surface area contributed by atoms with E-state index in [9.17, 15) is 61.0 Å². The zero-order chi connectivity index (χ0) is 81.7. The number of carbonyl (C=O) groups is 1. The molecule has 0 spiro atoms. The highest BCUT2D eigenvalue weighted by atomic mass is 16.8. The largest absolute Gasteiger partial charge is 0.394 e. The molecule has 1 amide bonds. The first-order valence-electron chi connectivity index (χ1n) is 45.3. The molecule has 12 N–H and O–H groups in total. The number of hydrogen-bond donors (Lipinski definition) is 12. The second-order valence-electron chi connectivity index (χ2n) is 31.7. The van der Waals surface area contributed by atoms with Crippen LogP contribution in [0.4, 0.5) is 0 Å². The van der Waals surface area contributed by atoms with E-state index in [1.165, 1.54) is 212 Å². The van der Waals surface area contributed by atoms with Crippen LogP contribution in [0.1, 0.15) is 335 Å². The lowest BCUT2D eigenvalue weighted by Crippen LogP contribution is -2.66. The summed E-state index contributed by atoms with van der Waals surface area (Å²) in [6, 6.07) is -1.00. The molecule has 0 aromatic rings. The van der Waals surface area contributed by atoms with Gasteiger partial charge in [0.15, 0.2) is 18.9 Å². The standard InChI is InChI=1S/C94H163NO18/c1-3-5-7-9-11-13-15-17-19-21-23-25-27-29-31-33-34-35-36-37-38-39-40-41-42-44-46-48-50-52-54-56-58-60-62-64-66-68-70-72-82(100)95-77(78(99)71-69-67-65-63-61-59-57-55-53-51-49-47-45-43-32-30-28-26-24-22-20-18-16-14-12-10-8-6-4-2)76-108-92-88(106)85(103)90(80(74-97)110-92)113-94-89(107)86(104)91(81(75-98)111-94)112-93-87(105)84(102)83(101)79(73-96)109-93/h5,7,11,13,17,19,23,25,29,31,34-35,37-38,53,55,61,63,69,71,77-81,83-94,96-99,101-107H,3-4,6,8-10,12,14-16,18,20-22,24,26-28,30,32-33,36,39-52,54,56-60,62,64-68,70,72-76H2,1-2H3,(H,95,100)/b7-5-,13-11-,19-17-,25-23-,31-29-,35-34-,38-37-,55-53+,63-61+,71-69+. The van der Waals surface area contributed by atoms with Gasteiger partial charge in [-0.15, -0.1) is 0 Å². The Labute approximate surface area is 684 Å². The maximum atomic E-state index is 13.5. The molecule has 3 saturated heterocycles. The van der Waals surface area contributed by atoms with Crippen molar-refractivity contribution in [2.45, 2.75) is 439 Å². The van der Waals surface area contributed by atoms with Gasteiger partial charge in [0.2, 0.25) is 5.91 Å². The predicted molar refractivity (Wildman–Crippen MR) is 457 cm³/mol. The minimum atomic E-state index is -1.99. The summed E-state index contributed by atoms with van der Waals surface area (Å²) in [6.07, 6.45) is 76.3. The molecule has 113 heavy (non-hydrogen) atoms. The van der Waals surface area contributed by atoms with E-state index in [0.29, 0.717) is 12.8 Å². The number of amides is 1. The lowest BCUT2D eigenvalue weighted by molar-refractivity contribution is -0.379. The number of ether oxygens (including phenoxy) is 6. The Morgan fingerprint density at radius 1 is 0.327 bits per heavy atom. The third kappa shape index (κ3) is 50.7. The summed E-state index contributed by atoms with van der Waals surface area (Å²) in [5, 5.41) is 121. The van der Waals surface area contributed by atoms with Gasteiger partial charge in [-0.2, -0.15) is 0 Å². The van der Waals surface area contributed by atoms with Crippen molar-refractivity contribution < 1.29 is 89.4 Å². The van der Waals surface area contributed by atoms with Gasteiger partial charge in [-0.1, -0.05) is 347 Å². The molecule has 0 saturated carbocycles. The van der Waals surface area contributed by atoms with Crippen molar-refractivity contribution >= 4 is 5.91 Å². The van der Waals surface area contributed by atoms with Crippen LogP contribution >= 0.6 is 0 Å². The molecule has 3 rings (SSSR count). The lowest BCUT2D eigenvalue weighted by Gasteiger charge is -2.48. The van der Waals surface area contributed by atoms with Crippen LogP contribution in [0.15, 0.2) is 122 Å². The second-order valence-corrected chi connectivity index (χ2v) is 31.7. The highest BCUT2D eigenvalue weighted by Gasteiger charge is 2.54. The minimum absolute atomic E-state index is 0.228. The number of rotatable bonds is 72. The van der Waals surface area contributed by atoms with E-state index in [-0.39, 0.29) is 18.9 Å². The van der Waals surface area contributed by atoms with E-state index < -0.39 is 124 Å². The fourth-order valence-electron chi connectivity index (χ4n) is 14.6. The van der Waals surface area contributed by atoms with Gasteiger partial charge in [0.05, 0.1) is 38.6 Å². The Kier molecular flexibility index (Phi) is 66.1.